The van der Waals surface area contributed by atoms with E-state index in [4.69, 9.17) is 0 Å². The van der Waals surface area contributed by atoms with Crippen molar-refractivity contribution in [3.05, 3.63) is 102 Å². The lowest BCUT2D eigenvalue weighted by Crippen LogP contribution is -2.36. The number of nitrogens with zero attached hydrogens (tertiary/aromatic N) is 2. The first-order valence-corrected chi connectivity index (χ1v) is 9.75. The Balaban J connectivity index is 1.90. The SMILES string of the molecule is CC(=O)N(Cc1cccc(N(C(C)=O)C(=O)c2ccccc2)c1)C(=O)c1ccccc1. The highest BCUT2D eigenvalue weighted by molar-refractivity contribution is 6.20. The van der Waals surface area contributed by atoms with Gasteiger partial charge < -0.3 is 0 Å². The molecule has 4 amide bonds. The van der Waals surface area contributed by atoms with Crippen LogP contribution < -0.4 is 4.90 Å². The minimum absolute atomic E-state index is 0.0160. The number of carbonyl (C=O) groups is 4. The molecule has 0 aliphatic carbocycles. The minimum atomic E-state index is -0.450. The molecule has 0 saturated heterocycles. The van der Waals surface area contributed by atoms with Crippen molar-refractivity contribution >= 4 is 29.3 Å². The lowest BCUT2D eigenvalue weighted by atomic mass is 10.1. The van der Waals surface area contributed by atoms with Crippen molar-refractivity contribution in [2.75, 3.05) is 4.90 Å². The predicted molar refractivity (Wildman–Crippen MR) is 117 cm³/mol. The maximum Gasteiger partial charge on any atom is 0.265 e. The molecular weight excluding hydrogens is 392 g/mol. The van der Waals surface area contributed by atoms with E-state index in [2.05, 4.69) is 0 Å². The van der Waals surface area contributed by atoms with Crippen LogP contribution in [0.1, 0.15) is 40.1 Å². The van der Waals surface area contributed by atoms with Crippen LogP contribution >= 0.6 is 0 Å². The van der Waals surface area contributed by atoms with E-state index in [0.717, 1.165) is 9.80 Å². The van der Waals surface area contributed by atoms with Crippen molar-refractivity contribution in [2.24, 2.45) is 0 Å². The number of hydrogen-bond donors (Lipinski definition) is 0. The van der Waals surface area contributed by atoms with Crippen LogP contribution in [0.5, 0.6) is 0 Å². The van der Waals surface area contributed by atoms with E-state index >= 15 is 0 Å². The molecule has 6 heteroatoms. The molecule has 3 aromatic carbocycles. The van der Waals surface area contributed by atoms with Crippen LogP contribution in [0.2, 0.25) is 0 Å². The number of rotatable bonds is 5. The number of anilines is 1. The summed E-state index contributed by atoms with van der Waals surface area (Å²) >= 11 is 0. The van der Waals surface area contributed by atoms with Crippen molar-refractivity contribution in [2.45, 2.75) is 20.4 Å². The molecule has 0 N–H and O–H groups in total. The molecule has 3 rings (SSSR count). The monoisotopic (exact) mass is 414 g/mol. The highest BCUT2D eigenvalue weighted by Gasteiger charge is 2.23. The largest absolute Gasteiger partial charge is 0.275 e. The van der Waals surface area contributed by atoms with Gasteiger partial charge in [-0.05, 0) is 42.0 Å². The molecule has 31 heavy (non-hydrogen) atoms. The Morgan fingerprint density at radius 1 is 0.645 bits per heavy atom. The molecule has 0 fully saturated rings. The van der Waals surface area contributed by atoms with Gasteiger partial charge in [-0.25, -0.2) is 4.90 Å². The normalized spacial score (nSPS) is 10.3. The number of benzene rings is 3. The van der Waals surface area contributed by atoms with E-state index in [1.165, 1.54) is 13.8 Å². The predicted octanol–water partition coefficient (Wildman–Crippen LogP) is 4.07. The van der Waals surface area contributed by atoms with Crippen LogP contribution in [0.4, 0.5) is 5.69 Å². The summed E-state index contributed by atoms with van der Waals surface area (Å²) in [7, 11) is 0. The van der Waals surface area contributed by atoms with Crippen LogP contribution in [-0.2, 0) is 16.1 Å². The fourth-order valence-corrected chi connectivity index (χ4v) is 3.19. The van der Waals surface area contributed by atoms with Crippen molar-refractivity contribution in [3.63, 3.8) is 0 Å². The zero-order valence-corrected chi connectivity index (χ0v) is 17.3. The fraction of sp³-hybridized carbons (Fsp3) is 0.120. The average Bonchev–Trinajstić information content (AvgIpc) is 2.78. The van der Waals surface area contributed by atoms with Gasteiger partial charge in [0, 0.05) is 25.0 Å². The quantitative estimate of drug-likeness (QED) is 0.631. The summed E-state index contributed by atoms with van der Waals surface area (Å²) in [5.41, 5.74) is 1.77. The lowest BCUT2D eigenvalue weighted by Gasteiger charge is -2.22. The summed E-state index contributed by atoms with van der Waals surface area (Å²) < 4.78 is 0. The second kappa shape index (κ2) is 9.63. The maximum atomic E-state index is 12.9. The molecule has 6 nitrogen and oxygen atoms in total. The Kier molecular flexibility index (Phi) is 6.72. The van der Waals surface area contributed by atoms with Crippen molar-refractivity contribution in [3.8, 4) is 0 Å². The second-order valence-corrected chi connectivity index (χ2v) is 6.97. The summed E-state index contributed by atoms with van der Waals surface area (Å²) in [4.78, 5) is 52.4. The molecule has 0 saturated carbocycles. The highest BCUT2D eigenvalue weighted by atomic mass is 16.2. The van der Waals surface area contributed by atoms with Gasteiger partial charge in [-0.15, -0.1) is 0 Å². The van der Waals surface area contributed by atoms with Crippen LogP contribution in [-0.4, -0.2) is 28.5 Å². The molecule has 0 unspecified atom stereocenters. The summed E-state index contributed by atoms with van der Waals surface area (Å²) in [5, 5.41) is 0. The highest BCUT2D eigenvalue weighted by Crippen LogP contribution is 2.21. The summed E-state index contributed by atoms with van der Waals surface area (Å²) in [6.45, 7) is 2.65. The van der Waals surface area contributed by atoms with Crippen molar-refractivity contribution in [1.82, 2.24) is 4.90 Å². The molecule has 0 bridgehead atoms. The molecule has 0 aliphatic rings. The topological polar surface area (TPSA) is 74.8 Å². The Morgan fingerprint density at radius 2 is 1.19 bits per heavy atom. The molecule has 0 aromatic heterocycles. The van der Waals surface area contributed by atoms with Gasteiger partial charge in [0.15, 0.2) is 0 Å². The van der Waals surface area contributed by atoms with Gasteiger partial charge in [-0.3, -0.25) is 24.1 Å². The molecular formula is C25H22N2O4. The van der Waals surface area contributed by atoms with E-state index in [-0.39, 0.29) is 6.54 Å². The maximum absolute atomic E-state index is 12.9. The van der Waals surface area contributed by atoms with Crippen LogP contribution in [0.3, 0.4) is 0 Å². The molecule has 0 aliphatic heterocycles. The number of imide groups is 2. The fourth-order valence-electron chi connectivity index (χ4n) is 3.19. The van der Waals surface area contributed by atoms with Crippen molar-refractivity contribution < 1.29 is 19.2 Å². The average molecular weight is 414 g/mol. The van der Waals surface area contributed by atoms with Crippen LogP contribution in [0, 0.1) is 0 Å². The van der Waals surface area contributed by atoms with E-state index < -0.39 is 23.6 Å². The summed E-state index contributed by atoms with van der Waals surface area (Å²) in [6.07, 6.45) is 0. The van der Waals surface area contributed by atoms with Gasteiger partial charge in [0.25, 0.3) is 11.8 Å². The van der Waals surface area contributed by atoms with Gasteiger partial charge in [0.1, 0.15) is 0 Å². The number of hydrogen-bond acceptors (Lipinski definition) is 4. The summed E-state index contributed by atoms with van der Waals surface area (Å²) in [6, 6.07) is 23.7. The first kappa shape index (κ1) is 21.6. The second-order valence-electron chi connectivity index (χ2n) is 6.97. The van der Waals surface area contributed by atoms with Crippen LogP contribution in [0.15, 0.2) is 84.9 Å². The lowest BCUT2D eigenvalue weighted by molar-refractivity contribution is -0.126. The zero-order valence-electron chi connectivity index (χ0n) is 17.3. The minimum Gasteiger partial charge on any atom is -0.275 e. The van der Waals surface area contributed by atoms with Gasteiger partial charge >= 0.3 is 0 Å². The van der Waals surface area contributed by atoms with E-state index in [1.54, 1.807) is 84.9 Å². The summed E-state index contributed by atoms with van der Waals surface area (Å²) in [5.74, 6) is -1.70. The van der Waals surface area contributed by atoms with Gasteiger partial charge in [-0.1, -0.05) is 48.5 Å². The molecule has 3 aromatic rings. The third kappa shape index (κ3) is 5.11. The number of amides is 4. The van der Waals surface area contributed by atoms with Crippen molar-refractivity contribution in [1.29, 1.82) is 0 Å². The van der Waals surface area contributed by atoms with Gasteiger partial charge in [0.05, 0.1) is 12.2 Å². The van der Waals surface area contributed by atoms with E-state index in [0.29, 0.717) is 22.4 Å². The molecule has 0 spiro atoms. The third-order valence-electron chi connectivity index (χ3n) is 4.69. The van der Waals surface area contributed by atoms with E-state index in [1.807, 2.05) is 0 Å². The van der Waals surface area contributed by atoms with Gasteiger partial charge in [0.2, 0.25) is 11.8 Å². The number of carbonyl (C=O) groups excluding carboxylic acids is 4. The third-order valence-corrected chi connectivity index (χ3v) is 4.69. The Bertz CT molecular complexity index is 1110. The van der Waals surface area contributed by atoms with E-state index in [9.17, 15) is 19.2 Å². The first-order valence-electron chi connectivity index (χ1n) is 9.75. The van der Waals surface area contributed by atoms with Crippen LogP contribution in [0.25, 0.3) is 0 Å². The molecule has 0 radical (unpaired) electrons. The molecule has 156 valence electrons. The smallest absolute Gasteiger partial charge is 0.265 e. The Hall–Kier alpha value is -4.06. The molecule has 0 atom stereocenters. The Labute approximate surface area is 180 Å². The Morgan fingerprint density at radius 3 is 1.71 bits per heavy atom. The van der Waals surface area contributed by atoms with Gasteiger partial charge in [-0.2, -0.15) is 0 Å². The standard InChI is InChI=1S/C25H22N2O4/c1-18(28)26(24(30)21-11-5-3-6-12-21)17-20-10-9-15-23(16-20)27(19(2)29)25(31)22-13-7-4-8-14-22/h3-16H,17H2,1-2H3. The first-order chi connectivity index (χ1) is 14.9. The molecule has 0 heterocycles. The zero-order chi connectivity index (χ0) is 22.4.